The molecular formula is C16H15NO4. The minimum atomic E-state index is -0.403. The van der Waals surface area contributed by atoms with E-state index in [-0.39, 0.29) is 17.2 Å². The van der Waals surface area contributed by atoms with Gasteiger partial charge >= 0.3 is 5.97 Å². The molecule has 0 saturated carbocycles. The van der Waals surface area contributed by atoms with Gasteiger partial charge < -0.3 is 15.2 Å². The molecule has 5 nitrogen and oxygen atoms in total. The highest BCUT2D eigenvalue weighted by molar-refractivity contribution is 5.96. The predicted molar refractivity (Wildman–Crippen MR) is 77.1 cm³/mol. The molecule has 5 heteroatoms. The highest BCUT2D eigenvalue weighted by Crippen LogP contribution is 2.15. The number of aromatic hydroxyl groups is 1. The molecular weight excluding hydrogens is 270 g/mol. The number of benzene rings is 2. The first kappa shape index (κ1) is 14.6. The summed E-state index contributed by atoms with van der Waals surface area (Å²) in [5.74, 6) is -0.819. The molecule has 0 aliphatic carbocycles. The topological polar surface area (TPSA) is 75.6 Å². The number of para-hydroxylation sites is 1. The second-order valence-electron chi connectivity index (χ2n) is 4.39. The van der Waals surface area contributed by atoms with E-state index in [0.29, 0.717) is 12.1 Å². The molecule has 0 aromatic heterocycles. The number of methoxy groups -OCH3 is 1. The molecule has 2 N–H and O–H groups in total. The average Bonchev–Trinajstić information content (AvgIpc) is 2.52. The number of amides is 1. The van der Waals surface area contributed by atoms with Crippen LogP contribution >= 0.6 is 0 Å². The number of esters is 1. The zero-order chi connectivity index (χ0) is 15.2. The average molecular weight is 285 g/mol. The van der Waals surface area contributed by atoms with Crippen LogP contribution in [0.5, 0.6) is 5.75 Å². The SMILES string of the molecule is COC(=O)c1ccc(CNC(=O)c2ccccc2O)cc1. The number of hydrogen-bond acceptors (Lipinski definition) is 4. The van der Waals surface area contributed by atoms with Crippen LogP contribution in [-0.4, -0.2) is 24.1 Å². The van der Waals surface area contributed by atoms with Gasteiger partial charge in [-0.15, -0.1) is 0 Å². The summed E-state index contributed by atoms with van der Waals surface area (Å²) in [6, 6.07) is 13.1. The Balaban J connectivity index is 1.99. The summed E-state index contributed by atoms with van der Waals surface area (Å²) in [4.78, 5) is 23.2. The van der Waals surface area contributed by atoms with Gasteiger partial charge in [-0.2, -0.15) is 0 Å². The van der Waals surface area contributed by atoms with E-state index in [9.17, 15) is 14.7 Å². The molecule has 0 radical (unpaired) electrons. The van der Waals surface area contributed by atoms with Crippen LogP contribution in [0.1, 0.15) is 26.3 Å². The monoisotopic (exact) mass is 285 g/mol. The fourth-order valence-corrected chi connectivity index (χ4v) is 1.82. The summed E-state index contributed by atoms with van der Waals surface area (Å²) in [5, 5.41) is 12.3. The Morgan fingerprint density at radius 2 is 1.76 bits per heavy atom. The Morgan fingerprint density at radius 3 is 2.38 bits per heavy atom. The van der Waals surface area contributed by atoms with Gasteiger partial charge in [0.1, 0.15) is 5.75 Å². The van der Waals surface area contributed by atoms with Crippen LogP contribution in [0, 0.1) is 0 Å². The largest absolute Gasteiger partial charge is 0.507 e. The van der Waals surface area contributed by atoms with E-state index >= 15 is 0 Å². The van der Waals surface area contributed by atoms with Crippen molar-refractivity contribution in [3.8, 4) is 5.75 Å². The standard InChI is InChI=1S/C16H15NO4/c1-21-16(20)12-8-6-11(7-9-12)10-17-15(19)13-4-2-3-5-14(13)18/h2-9,18H,10H2,1H3,(H,17,19). The molecule has 0 atom stereocenters. The fourth-order valence-electron chi connectivity index (χ4n) is 1.82. The molecule has 0 saturated heterocycles. The van der Waals surface area contributed by atoms with Gasteiger partial charge in [-0.25, -0.2) is 4.79 Å². The highest BCUT2D eigenvalue weighted by Gasteiger charge is 2.10. The molecule has 0 aliphatic heterocycles. The van der Waals surface area contributed by atoms with Crippen molar-refractivity contribution in [2.75, 3.05) is 7.11 Å². The van der Waals surface area contributed by atoms with Gasteiger partial charge in [-0.05, 0) is 29.8 Å². The van der Waals surface area contributed by atoms with Crippen LogP contribution in [0.3, 0.4) is 0 Å². The number of nitrogens with one attached hydrogen (secondary N) is 1. The van der Waals surface area contributed by atoms with Crippen LogP contribution in [-0.2, 0) is 11.3 Å². The molecule has 0 heterocycles. The third kappa shape index (κ3) is 3.60. The molecule has 0 bridgehead atoms. The molecule has 0 spiro atoms. The maximum Gasteiger partial charge on any atom is 0.337 e. The van der Waals surface area contributed by atoms with E-state index in [2.05, 4.69) is 10.1 Å². The number of carbonyl (C=O) groups excluding carboxylic acids is 2. The molecule has 1 amide bonds. The Labute approximate surface area is 122 Å². The predicted octanol–water partition coefficient (Wildman–Crippen LogP) is 2.11. The van der Waals surface area contributed by atoms with Crippen molar-refractivity contribution in [2.24, 2.45) is 0 Å². The number of carbonyl (C=O) groups is 2. The van der Waals surface area contributed by atoms with Crippen molar-refractivity contribution in [3.63, 3.8) is 0 Å². The summed E-state index contributed by atoms with van der Waals surface area (Å²) in [6.45, 7) is 0.300. The molecule has 108 valence electrons. The number of phenolic OH excluding ortho intramolecular Hbond substituents is 1. The lowest BCUT2D eigenvalue weighted by Crippen LogP contribution is -2.22. The minimum absolute atomic E-state index is 0.0592. The Hall–Kier alpha value is -2.82. The zero-order valence-corrected chi connectivity index (χ0v) is 11.5. The van der Waals surface area contributed by atoms with Gasteiger partial charge in [0.05, 0.1) is 18.2 Å². The Bertz CT molecular complexity index is 650. The lowest BCUT2D eigenvalue weighted by molar-refractivity contribution is 0.0600. The molecule has 0 unspecified atom stereocenters. The molecule has 21 heavy (non-hydrogen) atoms. The van der Waals surface area contributed by atoms with Gasteiger partial charge in [0.2, 0.25) is 0 Å². The van der Waals surface area contributed by atoms with Crippen molar-refractivity contribution < 1.29 is 19.4 Å². The maximum atomic E-state index is 11.9. The fraction of sp³-hybridized carbons (Fsp3) is 0.125. The smallest absolute Gasteiger partial charge is 0.337 e. The van der Waals surface area contributed by atoms with Gasteiger partial charge in [0.25, 0.3) is 5.91 Å². The maximum absolute atomic E-state index is 11.9. The lowest BCUT2D eigenvalue weighted by atomic mass is 10.1. The number of phenols is 1. The molecule has 2 aromatic rings. The van der Waals surface area contributed by atoms with Gasteiger partial charge in [-0.3, -0.25) is 4.79 Å². The minimum Gasteiger partial charge on any atom is -0.507 e. The van der Waals surface area contributed by atoms with Crippen LogP contribution in [0.4, 0.5) is 0 Å². The Kier molecular flexibility index (Phi) is 4.56. The van der Waals surface area contributed by atoms with Crippen molar-refractivity contribution >= 4 is 11.9 Å². The van der Waals surface area contributed by atoms with Gasteiger partial charge in [0.15, 0.2) is 0 Å². The normalized spacial score (nSPS) is 9.95. The van der Waals surface area contributed by atoms with E-state index in [4.69, 9.17) is 0 Å². The van der Waals surface area contributed by atoms with E-state index in [1.165, 1.54) is 13.2 Å². The first-order chi connectivity index (χ1) is 10.1. The number of rotatable bonds is 4. The van der Waals surface area contributed by atoms with E-state index in [1.54, 1.807) is 42.5 Å². The van der Waals surface area contributed by atoms with Crippen molar-refractivity contribution in [3.05, 3.63) is 65.2 Å². The zero-order valence-electron chi connectivity index (χ0n) is 11.5. The van der Waals surface area contributed by atoms with Gasteiger partial charge in [-0.1, -0.05) is 24.3 Å². The summed E-state index contributed by atoms with van der Waals surface area (Å²) in [5.41, 5.74) is 1.52. The number of hydrogen-bond donors (Lipinski definition) is 2. The Morgan fingerprint density at radius 1 is 1.10 bits per heavy atom. The first-order valence-corrected chi connectivity index (χ1v) is 6.35. The molecule has 0 aliphatic rings. The second-order valence-corrected chi connectivity index (χ2v) is 4.39. The van der Waals surface area contributed by atoms with Crippen LogP contribution in [0.2, 0.25) is 0 Å². The van der Waals surface area contributed by atoms with Crippen molar-refractivity contribution in [2.45, 2.75) is 6.54 Å². The van der Waals surface area contributed by atoms with Crippen LogP contribution in [0.15, 0.2) is 48.5 Å². The third-order valence-corrected chi connectivity index (χ3v) is 2.98. The number of ether oxygens (including phenoxy) is 1. The van der Waals surface area contributed by atoms with E-state index in [0.717, 1.165) is 5.56 Å². The van der Waals surface area contributed by atoms with Crippen LogP contribution in [0.25, 0.3) is 0 Å². The second kappa shape index (κ2) is 6.56. The first-order valence-electron chi connectivity index (χ1n) is 6.35. The summed E-state index contributed by atoms with van der Waals surface area (Å²) >= 11 is 0. The van der Waals surface area contributed by atoms with E-state index < -0.39 is 5.97 Å². The van der Waals surface area contributed by atoms with Crippen molar-refractivity contribution in [1.82, 2.24) is 5.32 Å². The van der Waals surface area contributed by atoms with Gasteiger partial charge in [0, 0.05) is 6.54 Å². The summed E-state index contributed by atoms with van der Waals surface area (Å²) in [7, 11) is 1.32. The highest BCUT2D eigenvalue weighted by atomic mass is 16.5. The quantitative estimate of drug-likeness (QED) is 0.844. The van der Waals surface area contributed by atoms with Crippen molar-refractivity contribution in [1.29, 1.82) is 0 Å². The van der Waals surface area contributed by atoms with E-state index in [1.807, 2.05) is 0 Å². The molecule has 0 fully saturated rings. The summed E-state index contributed by atoms with van der Waals surface area (Å²) in [6.07, 6.45) is 0. The van der Waals surface area contributed by atoms with Crippen LogP contribution < -0.4 is 5.32 Å². The lowest BCUT2D eigenvalue weighted by Gasteiger charge is -2.07. The molecule has 2 rings (SSSR count). The molecule has 2 aromatic carbocycles. The third-order valence-electron chi connectivity index (χ3n) is 2.98. The summed E-state index contributed by atoms with van der Waals surface area (Å²) < 4.78 is 4.61.